The summed E-state index contributed by atoms with van der Waals surface area (Å²) in [5.41, 5.74) is 1.06. The monoisotopic (exact) mass is 529 g/mol. The first-order valence-electron chi connectivity index (χ1n) is 8.03. The smallest absolute Gasteiger partial charge is 0.193 e. The summed E-state index contributed by atoms with van der Waals surface area (Å²) in [6.45, 7) is 3.48. The molecule has 1 aliphatic heterocycles. The van der Waals surface area contributed by atoms with E-state index in [4.69, 9.17) is 16.3 Å². The molecule has 0 radical (unpaired) electrons. The molecule has 4 nitrogen and oxygen atoms in total. The highest BCUT2D eigenvalue weighted by atomic mass is 127. The van der Waals surface area contributed by atoms with E-state index in [0.717, 1.165) is 46.7 Å². The minimum Gasteiger partial charge on any atom is -0.381 e. The molecule has 1 N–H and O–H groups in total. The van der Waals surface area contributed by atoms with Gasteiger partial charge in [-0.1, -0.05) is 33.6 Å². The zero-order valence-electron chi connectivity index (χ0n) is 14.2. The maximum absolute atomic E-state index is 6.26. The number of aliphatic imine (C=N–C) groups is 1. The van der Waals surface area contributed by atoms with Crippen LogP contribution in [0, 0.1) is 5.92 Å². The molecule has 0 unspecified atom stereocenters. The quantitative estimate of drug-likeness (QED) is 0.345. The van der Waals surface area contributed by atoms with Crippen LogP contribution in [0.3, 0.4) is 0 Å². The van der Waals surface area contributed by atoms with Crippen LogP contribution in [0.25, 0.3) is 0 Å². The van der Waals surface area contributed by atoms with Gasteiger partial charge >= 0.3 is 0 Å². The Hall–Kier alpha value is -0.0500. The molecule has 2 rings (SSSR count). The number of hydrogen-bond donors (Lipinski definition) is 1. The highest BCUT2D eigenvalue weighted by Gasteiger charge is 2.15. The largest absolute Gasteiger partial charge is 0.381 e. The standard InChI is InChI=1S/C17H25BrClN3O.HI/c1-20-17(21-12-14-3-4-15(18)11-16(14)19)22(2)8-5-13-6-9-23-10-7-13;/h3-4,11,13H,5-10,12H2,1-2H3,(H,20,21);1H. The van der Waals surface area contributed by atoms with Crippen LogP contribution in [0.2, 0.25) is 5.02 Å². The first-order chi connectivity index (χ1) is 11.1. The lowest BCUT2D eigenvalue weighted by atomic mass is 9.96. The van der Waals surface area contributed by atoms with Crippen LogP contribution in [-0.4, -0.2) is 44.7 Å². The van der Waals surface area contributed by atoms with Crippen molar-refractivity contribution in [3.05, 3.63) is 33.3 Å². The van der Waals surface area contributed by atoms with Gasteiger partial charge < -0.3 is 15.0 Å². The highest BCUT2D eigenvalue weighted by Crippen LogP contribution is 2.21. The molecule has 0 aliphatic carbocycles. The van der Waals surface area contributed by atoms with E-state index in [2.05, 4.69) is 38.2 Å². The second-order valence-corrected chi connectivity index (χ2v) is 7.23. The van der Waals surface area contributed by atoms with Gasteiger partial charge in [0.25, 0.3) is 0 Å². The number of ether oxygens (including phenoxy) is 1. The second kappa shape index (κ2) is 11.5. The third kappa shape index (κ3) is 7.06. The fourth-order valence-electron chi connectivity index (χ4n) is 2.74. The van der Waals surface area contributed by atoms with Crippen LogP contribution in [0.1, 0.15) is 24.8 Å². The maximum atomic E-state index is 6.26. The van der Waals surface area contributed by atoms with Gasteiger partial charge in [-0.05, 0) is 42.9 Å². The van der Waals surface area contributed by atoms with Gasteiger partial charge in [-0.25, -0.2) is 0 Å². The van der Waals surface area contributed by atoms with E-state index in [1.165, 1.54) is 19.3 Å². The molecule has 1 aromatic carbocycles. The zero-order valence-corrected chi connectivity index (χ0v) is 18.9. The predicted octanol–water partition coefficient (Wildman–Crippen LogP) is 4.54. The highest BCUT2D eigenvalue weighted by molar-refractivity contribution is 14.0. The Bertz CT molecular complexity index is 539. The lowest BCUT2D eigenvalue weighted by molar-refractivity contribution is 0.0625. The van der Waals surface area contributed by atoms with Crippen LogP contribution in [0.5, 0.6) is 0 Å². The van der Waals surface area contributed by atoms with Crippen molar-refractivity contribution >= 4 is 57.5 Å². The predicted molar refractivity (Wildman–Crippen MR) is 116 cm³/mol. The molecular weight excluding hydrogens is 504 g/mol. The zero-order chi connectivity index (χ0) is 16.7. The molecule has 0 atom stereocenters. The Balaban J connectivity index is 0.00000288. The molecule has 1 heterocycles. The summed E-state index contributed by atoms with van der Waals surface area (Å²) in [5.74, 6) is 1.67. The fraction of sp³-hybridized carbons (Fsp3) is 0.588. The third-order valence-corrected chi connectivity index (χ3v) is 5.08. The third-order valence-electron chi connectivity index (χ3n) is 4.24. The second-order valence-electron chi connectivity index (χ2n) is 5.90. The molecular formula is C17H26BrClIN3O. The van der Waals surface area contributed by atoms with E-state index < -0.39 is 0 Å². The van der Waals surface area contributed by atoms with Crippen molar-refractivity contribution in [3.8, 4) is 0 Å². The van der Waals surface area contributed by atoms with Gasteiger partial charge in [-0.15, -0.1) is 24.0 Å². The first kappa shape index (κ1) is 22.0. The summed E-state index contributed by atoms with van der Waals surface area (Å²) >= 11 is 9.69. The van der Waals surface area contributed by atoms with Crippen molar-refractivity contribution in [3.63, 3.8) is 0 Å². The number of rotatable bonds is 5. The van der Waals surface area contributed by atoms with Gasteiger partial charge in [0.2, 0.25) is 0 Å². The van der Waals surface area contributed by atoms with Crippen molar-refractivity contribution in [2.24, 2.45) is 10.9 Å². The molecule has 136 valence electrons. The summed E-state index contributed by atoms with van der Waals surface area (Å²) in [6, 6.07) is 5.94. The molecule has 1 saturated heterocycles. The topological polar surface area (TPSA) is 36.9 Å². The van der Waals surface area contributed by atoms with Crippen LogP contribution < -0.4 is 5.32 Å². The van der Waals surface area contributed by atoms with Crippen LogP contribution in [0.4, 0.5) is 0 Å². The van der Waals surface area contributed by atoms with Gasteiger partial charge in [-0.2, -0.15) is 0 Å². The Labute approximate surface area is 175 Å². The summed E-state index contributed by atoms with van der Waals surface area (Å²) in [6.07, 6.45) is 3.53. The Kier molecular flexibility index (Phi) is 10.6. The van der Waals surface area contributed by atoms with Crippen molar-refractivity contribution in [1.82, 2.24) is 10.2 Å². The fourth-order valence-corrected chi connectivity index (χ4v) is 3.48. The van der Waals surface area contributed by atoms with Crippen LogP contribution in [-0.2, 0) is 11.3 Å². The van der Waals surface area contributed by atoms with Crippen molar-refractivity contribution in [2.45, 2.75) is 25.8 Å². The Morgan fingerprint density at radius 3 is 2.75 bits per heavy atom. The van der Waals surface area contributed by atoms with Gasteiger partial charge in [-0.3, -0.25) is 4.99 Å². The van der Waals surface area contributed by atoms with E-state index in [-0.39, 0.29) is 24.0 Å². The van der Waals surface area contributed by atoms with E-state index in [0.29, 0.717) is 6.54 Å². The molecule has 24 heavy (non-hydrogen) atoms. The lowest BCUT2D eigenvalue weighted by Gasteiger charge is -2.27. The molecule has 0 amide bonds. The van der Waals surface area contributed by atoms with E-state index >= 15 is 0 Å². The summed E-state index contributed by atoms with van der Waals surface area (Å²) in [4.78, 5) is 6.55. The number of nitrogens with zero attached hydrogens (tertiary/aromatic N) is 2. The Morgan fingerprint density at radius 2 is 2.12 bits per heavy atom. The first-order valence-corrected chi connectivity index (χ1v) is 9.20. The Morgan fingerprint density at radius 1 is 1.42 bits per heavy atom. The van der Waals surface area contributed by atoms with Gasteiger partial charge in [0.15, 0.2) is 5.96 Å². The molecule has 0 saturated carbocycles. The lowest BCUT2D eigenvalue weighted by Crippen LogP contribution is -2.39. The minimum absolute atomic E-state index is 0. The molecule has 7 heteroatoms. The number of nitrogens with one attached hydrogen (secondary N) is 1. The van der Waals surface area contributed by atoms with E-state index in [1.54, 1.807) is 0 Å². The normalized spacial score (nSPS) is 15.8. The maximum Gasteiger partial charge on any atom is 0.193 e. The SMILES string of the molecule is CN=C(NCc1ccc(Br)cc1Cl)N(C)CCC1CCOCC1.I. The summed E-state index contributed by atoms with van der Waals surface area (Å²) in [5, 5.41) is 4.14. The van der Waals surface area contributed by atoms with Crippen molar-refractivity contribution < 1.29 is 4.74 Å². The van der Waals surface area contributed by atoms with E-state index in [1.807, 2.05) is 25.2 Å². The number of guanidine groups is 1. The summed E-state index contributed by atoms with van der Waals surface area (Å²) in [7, 11) is 3.90. The minimum atomic E-state index is 0. The number of hydrogen-bond acceptors (Lipinski definition) is 2. The van der Waals surface area contributed by atoms with E-state index in [9.17, 15) is 0 Å². The average Bonchev–Trinajstić information content (AvgIpc) is 2.56. The van der Waals surface area contributed by atoms with Gasteiger partial charge in [0.05, 0.1) is 0 Å². The molecule has 1 aromatic rings. The van der Waals surface area contributed by atoms with Gasteiger partial charge in [0, 0.05) is 49.9 Å². The molecule has 1 fully saturated rings. The van der Waals surface area contributed by atoms with Crippen molar-refractivity contribution in [2.75, 3.05) is 33.9 Å². The molecule has 0 bridgehead atoms. The summed E-state index contributed by atoms with van der Waals surface area (Å²) < 4.78 is 6.41. The van der Waals surface area contributed by atoms with Crippen LogP contribution >= 0.6 is 51.5 Å². The molecule has 0 spiro atoms. The number of benzene rings is 1. The van der Waals surface area contributed by atoms with Crippen molar-refractivity contribution in [1.29, 1.82) is 0 Å². The molecule has 0 aromatic heterocycles. The molecule has 1 aliphatic rings. The average molecular weight is 531 g/mol. The van der Waals surface area contributed by atoms with Crippen LogP contribution in [0.15, 0.2) is 27.7 Å². The van der Waals surface area contributed by atoms with Gasteiger partial charge in [0.1, 0.15) is 0 Å². The number of halogens is 3.